The molecular weight excluding hydrogens is 357 g/mol. The van der Waals surface area contributed by atoms with Crippen LogP contribution >= 0.6 is 11.3 Å². The molecule has 0 spiro atoms. The lowest BCUT2D eigenvalue weighted by molar-refractivity contribution is -0.124. The molecule has 3 aromatic rings. The minimum absolute atomic E-state index is 0.283. The predicted molar refractivity (Wildman–Crippen MR) is 94.4 cm³/mol. The van der Waals surface area contributed by atoms with Crippen LogP contribution < -0.4 is 5.32 Å². The van der Waals surface area contributed by atoms with Crippen LogP contribution in [-0.2, 0) is 9.53 Å². The van der Waals surface area contributed by atoms with Gasteiger partial charge in [0.25, 0.3) is 5.91 Å². The van der Waals surface area contributed by atoms with E-state index in [-0.39, 0.29) is 11.4 Å². The van der Waals surface area contributed by atoms with Gasteiger partial charge in [-0.05, 0) is 42.1 Å². The van der Waals surface area contributed by atoms with Crippen molar-refractivity contribution in [3.05, 3.63) is 81.7 Å². The molecule has 26 heavy (non-hydrogen) atoms. The molecule has 2 heterocycles. The molecule has 0 aliphatic heterocycles. The number of carbonyl (C=O) groups is 2. The molecule has 134 valence electrons. The van der Waals surface area contributed by atoms with Crippen molar-refractivity contribution in [3.63, 3.8) is 0 Å². The normalized spacial score (nSPS) is 11.8. The maximum absolute atomic E-state index is 13.2. The molecule has 0 aliphatic rings. The molecule has 5 nitrogen and oxygen atoms in total. The highest BCUT2D eigenvalue weighted by Gasteiger charge is 2.20. The van der Waals surface area contributed by atoms with Crippen LogP contribution in [0.25, 0.3) is 0 Å². The Morgan fingerprint density at radius 3 is 2.62 bits per heavy atom. The van der Waals surface area contributed by atoms with Crippen LogP contribution in [0.15, 0.2) is 58.5 Å². The molecule has 2 aromatic heterocycles. The minimum Gasteiger partial charge on any atom is -0.469 e. The Labute approximate surface area is 153 Å². The van der Waals surface area contributed by atoms with Crippen molar-refractivity contribution in [1.29, 1.82) is 0 Å². The first-order valence-electron chi connectivity index (χ1n) is 7.84. The summed E-state index contributed by atoms with van der Waals surface area (Å²) in [6, 6.07) is 10.7. The highest BCUT2D eigenvalue weighted by atomic mass is 32.1. The summed E-state index contributed by atoms with van der Waals surface area (Å²) < 4.78 is 23.3. The van der Waals surface area contributed by atoms with Gasteiger partial charge < -0.3 is 14.5 Å². The van der Waals surface area contributed by atoms with Crippen LogP contribution in [0, 0.1) is 12.7 Å². The van der Waals surface area contributed by atoms with Crippen molar-refractivity contribution in [2.45, 2.75) is 13.0 Å². The number of thiophene rings is 1. The maximum Gasteiger partial charge on any atom is 0.342 e. The summed E-state index contributed by atoms with van der Waals surface area (Å²) in [6.45, 7) is 1.21. The predicted octanol–water partition coefficient (Wildman–Crippen LogP) is 3.85. The van der Waals surface area contributed by atoms with Crippen LogP contribution in [0.4, 0.5) is 4.39 Å². The number of nitrogens with one attached hydrogen (secondary N) is 1. The second-order valence-electron chi connectivity index (χ2n) is 5.53. The number of benzene rings is 1. The smallest absolute Gasteiger partial charge is 0.342 e. The van der Waals surface area contributed by atoms with E-state index in [4.69, 9.17) is 9.15 Å². The van der Waals surface area contributed by atoms with Crippen molar-refractivity contribution in [2.24, 2.45) is 0 Å². The van der Waals surface area contributed by atoms with E-state index >= 15 is 0 Å². The first kappa shape index (κ1) is 17.9. The average Bonchev–Trinajstić information content (AvgIpc) is 3.30. The first-order chi connectivity index (χ1) is 12.5. The summed E-state index contributed by atoms with van der Waals surface area (Å²) >= 11 is 1.47. The molecule has 1 unspecified atom stereocenters. The number of aryl methyl sites for hydroxylation is 1. The highest BCUT2D eigenvalue weighted by molar-refractivity contribution is 7.10. The van der Waals surface area contributed by atoms with Gasteiger partial charge in [0.05, 0.1) is 12.3 Å². The Kier molecular flexibility index (Phi) is 5.48. The third kappa shape index (κ3) is 4.18. The molecule has 1 aromatic carbocycles. The van der Waals surface area contributed by atoms with Gasteiger partial charge in [-0.1, -0.05) is 18.2 Å². The lowest BCUT2D eigenvalue weighted by atomic mass is 10.1. The molecule has 3 rings (SSSR count). The second-order valence-corrected chi connectivity index (χ2v) is 6.51. The number of esters is 1. The molecule has 0 saturated heterocycles. The summed E-state index contributed by atoms with van der Waals surface area (Å²) in [7, 11) is 0. The van der Waals surface area contributed by atoms with E-state index in [0.717, 1.165) is 10.4 Å². The number of hydrogen-bond donors (Lipinski definition) is 1. The van der Waals surface area contributed by atoms with E-state index in [9.17, 15) is 14.0 Å². The fourth-order valence-corrected chi connectivity index (χ4v) is 3.24. The Morgan fingerprint density at radius 2 is 2.00 bits per heavy atom. The lowest BCUT2D eigenvalue weighted by Gasteiger charge is -2.18. The maximum atomic E-state index is 13.2. The number of halogens is 1. The second kappa shape index (κ2) is 7.97. The standard InChI is InChI=1S/C19H16FNO4S/c1-12-15(8-9-24-12)19(23)25-11-17(22)21-18(16-3-2-10-26-16)13-4-6-14(20)7-5-13/h2-10,18H,11H2,1H3,(H,21,22). The third-order valence-electron chi connectivity index (χ3n) is 3.75. The van der Waals surface area contributed by atoms with Crippen molar-refractivity contribution < 1.29 is 23.1 Å². The zero-order valence-corrected chi connectivity index (χ0v) is 14.7. The Balaban J connectivity index is 1.67. The molecular formula is C19H16FNO4S. The average molecular weight is 373 g/mol. The quantitative estimate of drug-likeness (QED) is 0.667. The summed E-state index contributed by atoms with van der Waals surface area (Å²) in [5, 5.41) is 4.71. The van der Waals surface area contributed by atoms with Crippen molar-refractivity contribution in [2.75, 3.05) is 6.61 Å². The van der Waals surface area contributed by atoms with Crippen LogP contribution in [0.3, 0.4) is 0 Å². The van der Waals surface area contributed by atoms with Crippen LogP contribution in [0.1, 0.15) is 32.6 Å². The first-order valence-corrected chi connectivity index (χ1v) is 8.72. The van der Waals surface area contributed by atoms with Gasteiger partial charge in [0, 0.05) is 4.88 Å². The molecule has 0 fully saturated rings. The van der Waals surface area contributed by atoms with Crippen molar-refractivity contribution >= 4 is 23.2 Å². The third-order valence-corrected chi connectivity index (χ3v) is 4.69. The summed E-state index contributed by atoms with van der Waals surface area (Å²) in [6.07, 6.45) is 1.38. The van der Waals surface area contributed by atoms with Crippen molar-refractivity contribution in [3.8, 4) is 0 Å². The van der Waals surface area contributed by atoms with E-state index in [0.29, 0.717) is 5.76 Å². The molecule has 1 N–H and O–H groups in total. The van der Waals surface area contributed by atoms with E-state index in [1.807, 2.05) is 17.5 Å². The Hall–Kier alpha value is -2.93. The monoisotopic (exact) mass is 373 g/mol. The zero-order chi connectivity index (χ0) is 18.5. The summed E-state index contributed by atoms with van der Waals surface area (Å²) in [5.41, 5.74) is 1.02. The van der Waals surface area contributed by atoms with Gasteiger partial charge in [0.2, 0.25) is 0 Å². The highest BCUT2D eigenvalue weighted by Crippen LogP contribution is 2.26. The van der Waals surface area contributed by atoms with Gasteiger partial charge in [0.15, 0.2) is 6.61 Å². The SMILES string of the molecule is Cc1occc1C(=O)OCC(=O)NC(c1ccc(F)cc1)c1cccs1. The molecule has 0 saturated carbocycles. The fourth-order valence-electron chi connectivity index (χ4n) is 2.44. The zero-order valence-electron chi connectivity index (χ0n) is 13.9. The molecule has 0 radical (unpaired) electrons. The lowest BCUT2D eigenvalue weighted by Crippen LogP contribution is -2.32. The number of furan rings is 1. The van der Waals surface area contributed by atoms with Gasteiger partial charge >= 0.3 is 5.97 Å². The van der Waals surface area contributed by atoms with Crippen molar-refractivity contribution in [1.82, 2.24) is 5.32 Å². The van der Waals surface area contributed by atoms with Gasteiger partial charge in [-0.2, -0.15) is 0 Å². The van der Waals surface area contributed by atoms with Gasteiger partial charge in [-0.25, -0.2) is 9.18 Å². The minimum atomic E-state index is -0.624. The Bertz CT molecular complexity index is 887. The number of amides is 1. The van der Waals surface area contributed by atoms with Gasteiger partial charge in [0.1, 0.15) is 17.1 Å². The summed E-state index contributed by atoms with van der Waals surface area (Å²) in [4.78, 5) is 25.1. The van der Waals surface area contributed by atoms with E-state index in [2.05, 4.69) is 5.32 Å². The van der Waals surface area contributed by atoms with Gasteiger partial charge in [-0.15, -0.1) is 11.3 Å². The molecule has 1 amide bonds. The number of hydrogen-bond acceptors (Lipinski definition) is 5. The Morgan fingerprint density at radius 1 is 1.23 bits per heavy atom. The van der Waals surface area contributed by atoms with Crippen LogP contribution in [-0.4, -0.2) is 18.5 Å². The number of rotatable bonds is 6. The largest absolute Gasteiger partial charge is 0.469 e. The summed E-state index contributed by atoms with van der Waals surface area (Å²) in [5.74, 6) is -1.00. The molecule has 1 atom stereocenters. The van der Waals surface area contributed by atoms with Gasteiger partial charge in [-0.3, -0.25) is 4.79 Å². The number of ether oxygens (including phenoxy) is 1. The van der Waals surface area contributed by atoms with Crippen LogP contribution in [0.5, 0.6) is 0 Å². The molecule has 7 heteroatoms. The van der Waals surface area contributed by atoms with E-state index < -0.39 is 24.5 Å². The van der Waals surface area contributed by atoms with E-state index in [1.165, 1.54) is 35.8 Å². The molecule has 0 aliphatic carbocycles. The fraction of sp³-hybridized carbons (Fsp3) is 0.158. The van der Waals surface area contributed by atoms with E-state index in [1.54, 1.807) is 19.1 Å². The van der Waals surface area contributed by atoms with Crippen LogP contribution in [0.2, 0.25) is 0 Å². The topological polar surface area (TPSA) is 68.5 Å². The molecule has 0 bridgehead atoms. The number of carbonyl (C=O) groups excluding carboxylic acids is 2.